The Kier molecular flexibility index (Phi) is 13.4. The molecule has 0 N–H and O–H groups in total. The summed E-state index contributed by atoms with van der Waals surface area (Å²) in [6.45, 7) is 4.35. The Hall–Kier alpha value is -5.03. The number of sulfonamides is 2. The largest absolute Gasteiger partial charge is 0.465 e. The summed E-state index contributed by atoms with van der Waals surface area (Å²) in [5.41, 5.74) is 0.977. The van der Waals surface area contributed by atoms with Crippen LogP contribution in [-0.2, 0) is 39.4 Å². The van der Waals surface area contributed by atoms with Gasteiger partial charge in [-0.25, -0.2) is 34.8 Å². The molecular weight excluding hydrogens is 797 g/mol. The first kappa shape index (κ1) is 42.1. The Balaban J connectivity index is 0.000000215. The molecular formula is C40H42N2O10S4. The van der Waals surface area contributed by atoms with Gasteiger partial charge in [0.05, 0.1) is 40.0 Å². The van der Waals surface area contributed by atoms with E-state index in [1.165, 1.54) is 90.5 Å². The van der Waals surface area contributed by atoms with E-state index >= 15 is 0 Å². The summed E-state index contributed by atoms with van der Waals surface area (Å²) >= 11 is 1.46. The zero-order valence-electron chi connectivity index (χ0n) is 31.2. The number of carbonyl (C=O) groups is 2. The standard InChI is InChI=1S/C20H21NO6S2.C20H21NO4S2/c1-3-4-13-21(19-14-16-7-5-6-8-18(16)28(19,23)24)29(25,26)17-11-9-15(10-12-17)20(22)27-2;1-3-4-13-21(19-14-16-7-5-6-8-18(16)26-19)27(23,24)17-11-9-15(10-12-17)20(22)25-2/h5-12,14H,3-4,13H2,1-2H3;5-12,14H,3-4,13H2,1-2H3. The number of hydrogen-bond acceptors (Lipinski definition) is 11. The van der Waals surface area contributed by atoms with E-state index in [9.17, 15) is 34.8 Å². The van der Waals surface area contributed by atoms with E-state index in [2.05, 4.69) is 9.47 Å². The Morgan fingerprint density at radius 2 is 1.14 bits per heavy atom. The van der Waals surface area contributed by atoms with Crippen LogP contribution in [0.2, 0.25) is 0 Å². The average molecular weight is 839 g/mol. The zero-order chi connectivity index (χ0) is 40.7. The maximum absolute atomic E-state index is 13.3. The van der Waals surface area contributed by atoms with Crippen molar-refractivity contribution in [3.63, 3.8) is 0 Å². The summed E-state index contributed by atoms with van der Waals surface area (Å²) in [5, 5.41) is 1.46. The molecule has 12 nitrogen and oxygen atoms in total. The van der Waals surface area contributed by atoms with E-state index in [-0.39, 0.29) is 31.8 Å². The number of sulfone groups is 1. The number of ether oxygens (including phenoxy) is 2. The van der Waals surface area contributed by atoms with E-state index in [0.717, 1.165) is 27.2 Å². The summed E-state index contributed by atoms with van der Waals surface area (Å²) in [4.78, 5) is 23.3. The molecule has 16 heteroatoms. The molecule has 1 aromatic heterocycles. The van der Waals surface area contributed by atoms with Gasteiger partial charge >= 0.3 is 11.9 Å². The third-order valence-electron chi connectivity index (χ3n) is 8.82. The molecule has 6 rings (SSSR count). The minimum absolute atomic E-state index is 0.0244. The fourth-order valence-corrected chi connectivity index (χ4v) is 12.1. The lowest BCUT2D eigenvalue weighted by molar-refractivity contribution is 0.0592. The van der Waals surface area contributed by atoms with Crippen LogP contribution < -0.4 is 4.31 Å². The average Bonchev–Trinajstić information content (AvgIpc) is 3.75. The summed E-state index contributed by atoms with van der Waals surface area (Å²) in [6, 6.07) is 27.2. The van der Waals surface area contributed by atoms with E-state index in [1.54, 1.807) is 18.2 Å². The first-order chi connectivity index (χ1) is 26.7. The number of carbonyl (C=O) groups excluding carboxylic acids is 2. The van der Waals surface area contributed by atoms with Crippen molar-refractivity contribution in [2.45, 2.75) is 54.2 Å². The van der Waals surface area contributed by atoms with Gasteiger partial charge in [-0.05, 0) is 96.6 Å². The molecule has 0 saturated carbocycles. The SMILES string of the molecule is CCCCN(C1=Cc2ccccc2S1(=O)=O)S(=O)(=O)c1ccc(C(=O)OC)cc1.CCCCN(c1cc2ccccc2s1)S(=O)(=O)c1ccc(C(=O)OC)cc1. The highest BCUT2D eigenvalue weighted by atomic mass is 32.2. The molecule has 4 aromatic carbocycles. The van der Waals surface area contributed by atoms with Gasteiger partial charge < -0.3 is 9.47 Å². The molecule has 0 fully saturated rings. The van der Waals surface area contributed by atoms with Crippen molar-refractivity contribution in [1.82, 2.24) is 4.31 Å². The predicted molar refractivity (Wildman–Crippen MR) is 217 cm³/mol. The predicted octanol–water partition coefficient (Wildman–Crippen LogP) is 7.73. The topological polar surface area (TPSA) is 161 Å². The number of benzene rings is 4. The van der Waals surface area contributed by atoms with Crippen LogP contribution >= 0.6 is 11.3 Å². The second-order valence-corrected chi connectivity index (χ2v) is 19.2. The monoisotopic (exact) mass is 838 g/mol. The van der Waals surface area contributed by atoms with Gasteiger partial charge in [-0.1, -0.05) is 63.1 Å². The van der Waals surface area contributed by atoms with Crippen molar-refractivity contribution < 1.29 is 44.3 Å². The minimum atomic E-state index is -4.16. The second kappa shape index (κ2) is 17.8. The number of rotatable bonds is 14. The molecule has 0 amide bonds. The van der Waals surface area contributed by atoms with Gasteiger partial charge in [0.15, 0.2) is 0 Å². The number of thiophene rings is 1. The molecule has 0 aliphatic carbocycles. The summed E-state index contributed by atoms with van der Waals surface area (Å²) in [6.07, 6.45) is 4.21. The normalized spacial score (nSPS) is 13.2. The molecule has 0 unspecified atom stereocenters. The minimum Gasteiger partial charge on any atom is -0.465 e. The van der Waals surface area contributed by atoms with E-state index in [4.69, 9.17) is 0 Å². The first-order valence-corrected chi connectivity index (χ1v) is 22.8. The molecule has 0 radical (unpaired) electrons. The molecule has 2 heterocycles. The highest BCUT2D eigenvalue weighted by Crippen LogP contribution is 2.38. The second-order valence-electron chi connectivity index (χ2n) is 12.5. The maximum atomic E-state index is 13.3. The smallest absolute Gasteiger partial charge is 0.337 e. The third-order valence-corrected chi connectivity index (χ3v) is 15.7. The van der Waals surface area contributed by atoms with Crippen LogP contribution in [0.4, 0.5) is 5.00 Å². The van der Waals surface area contributed by atoms with Crippen molar-refractivity contribution in [3.05, 3.63) is 125 Å². The van der Waals surface area contributed by atoms with Crippen LogP contribution in [0.15, 0.2) is 123 Å². The van der Waals surface area contributed by atoms with Gasteiger partial charge in [-0.15, -0.1) is 11.3 Å². The lowest BCUT2D eigenvalue weighted by Crippen LogP contribution is -2.33. The van der Waals surface area contributed by atoms with Crippen molar-refractivity contribution in [3.8, 4) is 0 Å². The van der Waals surface area contributed by atoms with Crippen molar-refractivity contribution in [2.24, 2.45) is 0 Å². The van der Waals surface area contributed by atoms with Gasteiger partial charge in [0.2, 0.25) is 9.84 Å². The summed E-state index contributed by atoms with van der Waals surface area (Å²) < 4.78 is 92.0. The Bertz CT molecular complexity index is 2530. The number of nitrogens with zero attached hydrogens (tertiary/aromatic N) is 2. The van der Waals surface area contributed by atoms with Crippen LogP contribution in [-0.4, -0.2) is 68.8 Å². The molecule has 0 spiro atoms. The Morgan fingerprint density at radius 1 is 0.661 bits per heavy atom. The van der Waals surface area contributed by atoms with E-state index in [1.807, 2.05) is 44.2 Å². The van der Waals surface area contributed by atoms with Crippen molar-refractivity contribution in [1.29, 1.82) is 0 Å². The zero-order valence-corrected chi connectivity index (χ0v) is 34.5. The fourth-order valence-electron chi connectivity index (χ4n) is 5.78. The van der Waals surface area contributed by atoms with Crippen LogP contribution in [0.25, 0.3) is 16.2 Å². The molecule has 1 aliphatic heterocycles. The molecule has 5 aromatic rings. The number of methoxy groups -OCH3 is 2. The summed E-state index contributed by atoms with van der Waals surface area (Å²) in [7, 11) is -9.33. The lowest BCUT2D eigenvalue weighted by atomic mass is 10.2. The van der Waals surface area contributed by atoms with Gasteiger partial charge in [0.1, 0.15) is 10.0 Å². The molecule has 296 valence electrons. The number of hydrogen-bond donors (Lipinski definition) is 0. The Labute approximate surface area is 332 Å². The highest BCUT2D eigenvalue weighted by Gasteiger charge is 2.39. The van der Waals surface area contributed by atoms with Crippen LogP contribution in [0.3, 0.4) is 0 Å². The number of anilines is 1. The summed E-state index contributed by atoms with van der Waals surface area (Å²) in [5.74, 6) is -1.08. The lowest BCUT2D eigenvalue weighted by Gasteiger charge is -2.25. The van der Waals surface area contributed by atoms with Crippen LogP contribution in [0.5, 0.6) is 0 Å². The van der Waals surface area contributed by atoms with Crippen LogP contribution in [0, 0.1) is 0 Å². The molecule has 56 heavy (non-hydrogen) atoms. The molecule has 1 aliphatic rings. The van der Waals surface area contributed by atoms with Gasteiger partial charge in [-0.3, -0.25) is 8.61 Å². The molecule has 0 atom stereocenters. The molecule has 0 bridgehead atoms. The maximum Gasteiger partial charge on any atom is 0.337 e. The number of unbranched alkanes of at least 4 members (excludes halogenated alkanes) is 2. The fraction of sp³-hybridized carbons (Fsp3) is 0.250. The first-order valence-electron chi connectivity index (χ1n) is 17.7. The number of esters is 2. The van der Waals surface area contributed by atoms with Gasteiger partial charge in [-0.2, -0.15) is 0 Å². The van der Waals surface area contributed by atoms with Crippen LogP contribution in [0.1, 0.15) is 65.8 Å². The number of fused-ring (bicyclic) bond motifs is 2. The molecule has 0 saturated heterocycles. The van der Waals surface area contributed by atoms with E-state index in [0.29, 0.717) is 35.5 Å². The third kappa shape index (κ3) is 8.83. The van der Waals surface area contributed by atoms with E-state index < -0.39 is 41.8 Å². The highest BCUT2D eigenvalue weighted by molar-refractivity contribution is 7.97. The Morgan fingerprint density at radius 3 is 1.64 bits per heavy atom. The van der Waals surface area contributed by atoms with Crippen molar-refractivity contribution in [2.75, 3.05) is 31.6 Å². The van der Waals surface area contributed by atoms with Gasteiger partial charge in [0, 0.05) is 17.8 Å². The quantitative estimate of drug-likeness (QED) is 0.101. The van der Waals surface area contributed by atoms with Gasteiger partial charge in [0.25, 0.3) is 20.0 Å². The van der Waals surface area contributed by atoms with Crippen molar-refractivity contribution >= 4 is 74.3 Å².